The topological polar surface area (TPSA) is 112 Å². The molecule has 0 saturated heterocycles. The lowest BCUT2D eigenvalue weighted by Crippen LogP contribution is -2.21. The van der Waals surface area contributed by atoms with E-state index in [0.717, 1.165) is 18.2 Å². The second-order valence-corrected chi connectivity index (χ2v) is 4.02. The average Bonchev–Trinajstić information content (AvgIpc) is 3.01. The summed E-state index contributed by atoms with van der Waals surface area (Å²) in [4.78, 5) is 32.8. The zero-order valence-corrected chi connectivity index (χ0v) is 10.9. The Kier molecular flexibility index (Phi) is 4.47. The molecule has 0 aliphatic rings. The highest BCUT2D eigenvalue weighted by Crippen LogP contribution is 2.21. The number of nitrogens with one attached hydrogen (secondary N) is 1. The number of hydrogen-bond donors (Lipinski definition) is 1. The number of carbonyl (C=O) groups is 2. The predicted octanol–water partition coefficient (Wildman–Crippen LogP) is 2.12. The molecule has 114 valence electrons. The molecule has 0 radical (unpaired) electrons. The molecule has 22 heavy (non-hydrogen) atoms. The van der Waals surface area contributed by atoms with Crippen LogP contribution >= 0.6 is 0 Å². The lowest BCUT2D eigenvalue weighted by Gasteiger charge is -2.06. The van der Waals surface area contributed by atoms with Gasteiger partial charge in [0.2, 0.25) is 5.76 Å². The lowest BCUT2D eigenvalue weighted by molar-refractivity contribution is -0.384. The molecule has 0 bridgehead atoms. The Hall–Kier alpha value is -3.23. The van der Waals surface area contributed by atoms with Crippen LogP contribution in [-0.2, 0) is 9.53 Å². The molecule has 1 N–H and O–H groups in total. The smallest absolute Gasteiger partial charge is 0.374 e. The number of benzene rings is 1. The number of nitro benzene ring substituents is 1. The second-order valence-electron chi connectivity index (χ2n) is 4.02. The molecule has 1 heterocycles. The largest absolute Gasteiger partial charge is 0.457 e. The van der Waals surface area contributed by atoms with Gasteiger partial charge in [0, 0.05) is 12.1 Å². The number of amides is 1. The molecular formula is C13H9FN2O6. The SMILES string of the molecule is O=C(COC(=O)c1ccco1)Nc1cc([N+](=O)[O-])ccc1F. The normalized spacial score (nSPS) is 10.0. The van der Waals surface area contributed by atoms with Gasteiger partial charge in [0.15, 0.2) is 6.61 Å². The monoisotopic (exact) mass is 308 g/mol. The summed E-state index contributed by atoms with van der Waals surface area (Å²) in [5.41, 5.74) is -0.766. The van der Waals surface area contributed by atoms with Crippen molar-refractivity contribution in [1.29, 1.82) is 0 Å². The van der Waals surface area contributed by atoms with Gasteiger partial charge >= 0.3 is 5.97 Å². The minimum absolute atomic E-state index is 0.0886. The van der Waals surface area contributed by atoms with E-state index in [2.05, 4.69) is 10.1 Å². The number of anilines is 1. The van der Waals surface area contributed by atoms with Gasteiger partial charge in [0.25, 0.3) is 11.6 Å². The first-order chi connectivity index (χ1) is 10.5. The van der Waals surface area contributed by atoms with Crippen molar-refractivity contribution in [2.75, 3.05) is 11.9 Å². The standard InChI is InChI=1S/C13H9FN2O6/c14-9-4-3-8(16(19)20)6-10(9)15-12(17)7-22-13(18)11-2-1-5-21-11/h1-6H,7H2,(H,15,17). The van der Waals surface area contributed by atoms with E-state index in [1.807, 2.05) is 0 Å². The Labute approximate surface area is 122 Å². The summed E-state index contributed by atoms with van der Waals surface area (Å²) in [6.45, 7) is -0.693. The molecule has 1 aromatic carbocycles. The number of non-ortho nitro benzene ring substituents is 1. The van der Waals surface area contributed by atoms with Crippen LogP contribution < -0.4 is 5.32 Å². The van der Waals surface area contributed by atoms with E-state index < -0.39 is 29.2 Å². The summed E-state index contributed by atoms with van der Waals surface area (Å²) in [6.07, 6.45) is 1.26. The van der Waals surface area contributed by atoms with Crippen LogP contribution in [0.15, 0.2) is 41.0 Å². The maximum atomic E-state index is 13.5. The predicted molar refractivity (Wildman–Crippen MR) is 70.7 cm³/mol. The molecule has 8 nitrogen and oxygen atoms in total. The summed E-state index contributed by atoms with van der Waals surface area (Å²) < 4.78 is 22.9. The minimum Gasteiger partial charge on any atom is -0.457 e. The van der Waals surface area contributed by atoms with Crippen LogP contribution in [0.5, 0.6) is 0 Å². The van der Waals surface area contributed by atoms with E-state index in [4.69, 9.17) is 4.42 Å². The third-order valence-corrected chi connectivity index (χ3v) is 2.49. The highest BCUT2D eigenvalue weighted by Gasteiger charge is 2.15. The number of carbonyl (C=O) groups excluding carboxylic acids is 2. The molecule has 0 atom stereocenters. The van der Waals surface area contributed by atoms with Gasteiger partial charge in [-0.25, -0.2) is 9.18 Å². The Bertz CT molecular complexity index is 713. The van der Waals surface area contributed by atoms with Crippen molar-refractivity contribution in [3.05, 3.63) is 58.3 Å². The van der Waals surface area contributed by atoms with Crippen molar-refractivity contribution in [3.8, 4) is 0 Å². The Morgan fingerprint density at radius 3 is 2.77 bits per heavy atom. The first-order valence-corrected chi connectivity index (χ1v) is 5.92. The molecule has 1 amide bonds. The molecule has 9 heteroatoms. The number of esters is 1. The van der Waals surface area contributed by atoms with Crippen LogP contribution in [0.25, 0.3) is 0 Å². The van der Waals surface area contributed by atoms with Crippen LogP contribution in [-0.4, -0.2) is 23.4 Å². The fourth-order valence-corrected chi connectivity index (χ4v) is 1.51. The van der Waals surface area contributed by atoms with Gasteiger partial charge in [0.1, 0.15) is 5.82 Å². The van der Waals surface area contributed by atoms with Crippen molar-refractivity contribution in [2.45, 2.75) is 0 Å². The van der Waals surface area contributed by atoms with Crippen molar-refractivity contribution in [1.82, 2.24) is 0 Å². The van der Waals surface area contributed by atoms with Gasteiger partial charge in [-0.2, -0.15) is 0 Å². The highest BCUT2D eigenvalue weighted by atomic mass is 19.1. The van der Waals surface area contributed by atoms with Crippen LogP contribution in [0.4, 0.5) is 15.8 Å². The van der Waals surface area contributed by atoms with E-state index in [1.165, 1.54) is 18.4 Å². The third-order valence-electron chi connectivity index (χ3n) is 2.49. The van der Waals surface area contributed by atoms with Crippen LogP contribution in [0.2, 0.25) is 0 Å². The third kappa shape index (κ3) is 3.66. The molecule has 0 unspecified atom stereocenters. The molecular weight excluding hydrogens is 299 g/mol. The first-order valence-electron chi connectivity index (χ1n) is 5.92. The quantitative estimate of drug-likeness (QED) is 0.514. The zero-order chi connectivity index (χ0) is 16.1. The molecule has 0 aliphatic heterocycles. The highest BCUT2D eigenvalue weighted by molar-refractivity contribution is 5.94. The summed E-state index contributed by atoms with van der Waals surface area (Å²) in [5.74, 6) is -2.65. The summed E-state index contributed by atoms with van der Waals surface area (Å²) in [6, 6.07) is 5.49. The summed E-state index contributed by atoms with van der Waals surface area (Å²) in [7, 11) is 0. The number of rotatable bonds is 5. The molecule has 2 rings (SSSR count). The van der Waals surface area contributed by atoms with E-state index >= 15 is 0 Å². The van der Waals surface area contributed by atoms with Gasteiger partial charge in [-0.1, -0.05) is 0 Å². The Balaban J connectivity index is 1.96. The van der Waals surface area contributed by atoms with E-state index in [-0.39, 0.29) is 17.1 Å². The number of nitrogens with zero attached hydrogens (tertiary/aromatic N) is 1. The van der Waals surface area contributed by atoms with Gasteiger partial charge in [-0.05, 0) is 18.2 Å². The minimum atomic E-state index is -0.861. The second kappa shape index (κ2) is 6.48. The zero-order valence-electron chi connectivity index (χ0n) is 10.9. The molecule has 2 aromatic rings. The van der Waals surface area contributed by atoms with Crippen molar-refractivity contribution in [2.24, 2.45) is 0 Å². The van der Waals surface area contributed by atoms with Gasteiger partial charge in [-0.15, -0.1) is 0 Å². The van der Waals surface area contributed by atoms with Crippen LogP contribution in [0.1, 0.15) is 10.6 Å². The maximum Gasteiger partial charge on any atom is 0.374 e. The average molecular weight is 308 g/mol. The van der Waals surface area contributed by atoms with Crippen LogP contribution in [0.3, 0.4) is 0 Å². The van der Waals surface area contributed by atoms with Crippen molar-refractivity contribution >= 4 is 23.3 Å². The summed E-state index contributed by atoms with van der Waals surface area (Å²) >= 11 is 0. The maximum absolute atomic E-state index is 13.5. The van der Waals surface area contributed by atoms with Gasteiger partial charge in [0.05, 0.1) is 16.9 Å². The van der Waals surface area contributed by atoms with E-state index in [0.29, 0.717) is 0 Å². The molecule has 0 fully saturated rings. The lowest BCUT2D eigenvalue weighted by atomic mass is 10.2. The molecule has 0 aliphatic carbocycles. The molecule has 0 spiro atoms. The Morgan fingerprint density at radius 1 is 1.36 bits per heavy atom. The summed E-state index contributed by atoms with van der Waals surface area (Å²) in [5, 5.41) is 12.7. The van der Waals surface area contributed by atoms with Crippen LogP contribution in [0, 0.1) is 15.9 Å². The van der Waals surface area contributed by atoms with Crippen molar-refractivity contribution in [3.63, 3.8) is 0 Å². The number of ether oxygens (including phenoxy) is 1. The number of halogens is 1. The fraction of sp³-hybridized carbons (Fsp3) is 0.0769. The Morgan fingerprint density at radius 2 is 2.14 bits per heavy atom. The molecule has 0 saturated carbocycles. The van der Waals surface area contributed by atoms with Crippen molar-refractivity contribution < 1.29 is 28.1 Å². The number of hydrogen-bond acceptors (Lipinski definition) is 6. The van der Waals surface area contributed by atoms with Gasteiger partial charge in [-0.3, -0.25) is 14.9 Å². The fourth-order valence-electron chi connectivity index (χ4n) is 1.51. The number of nitro groups is 1. The van der Waals surface area contributed by atoms with Gasteiger partial charge < -0.3 is 14.5 Å². The molecule has 1 aromatic heterocycles. The first kappa shape index (κ1) is 15.2. The van der Waals surface area contributed by atoms with E-state index in [9.17, 15) is 24.1 Å². The van der Waals surface area contributed by atoms with E-state index in [1.54, 1.807) is 0 Å². The number of furan rings is 1.